The van der Waals surface area contributed by atoms with Crippen LogP contribution in [0.15, 0.2) is 24.3 Å². The van der Waals surface area contributed by atoms with Crippen LogP contribution >= 0.6 is 0 Å². The van der Waals surface area contributed by atoms with Gasteiger partial charge in [-0.1, -0.05) is 43.7 Å². The first-order valence-electron chi connectivity index (χ1n) is 7.28. The molecule has 0 aromatic heterocycles. The predicted octanol–water partition coefficient (Wildman–Crippen LogP) is 4.24. The number of hydrogen-bond acceptors (Lipinski definition) is 1. The summed E-state index contributed by atoms with van der Waals surface area (Å²) in [5.74, 6) is 0.632. The summed E-state index contributed by atoms with van der Waals surface area (Å²) in [5, 5.41) is 9.46. The predicted molar refractivity (Wildman–Crippen MR) is 77.2 cm³/mol. The molecule has 1 N–H and O–H groups in total. The summed E-state index contributed by atoms with van der Waals surface area (Å²) in [6.07, 6.45) is 2.88. The minimum Gasteiger partial charge on any atom is -0.481 e. The van der Waals surface area contributed by atoms with Crippen molar-refractivity contribution in [3.8, 4) is 0 Å². The summed E-state index contributed by atoms with van der Waals surface area (Å²) in [6, 6.07) is 8.37. The Bertz CT molecular complexity index is 450. The summed E-state index contributed by atoms with van der Waals surface area (Å²) in [7, 11) is 0. The second-order valence-corrected chi connectivity index (χ2v) is 6.28. The number of benzene rings is 1. The first-order chi connectivity index (χ1) is 8.99. The molecule has 1 aliphatic rings. The Morgan fingerprint density at radius 2 is 2.05 bits per heavy atom. The molecule has 0 spiro atoms. The van der Waals surface area contributed by atoms with E-state index in [9.17, 15) is 9.90 Å². The van der Waals surface area contributed by atoms with E-state index in [1.54, 1.807) is 0 Å². The van der Waals surface area contributed by atoms with Crippen LogP contribution in [-0.4, -0.2) is 11.1 Å². The van der Waals surface area contributed by atoms with Gasteiger partial charge in [0.25, 0.3) is 0 Å². The van der Waals surface area contributed by atoms with E-state index in [1.807, 2.05) is 6.07 Å². The molecule has 1 fully saturated rings. The van der Waals surface area contributed by atoms with Crippen LogP contribution in [0.1, 0.15) is 50.2 Å². The van der Waals surface area contributed by atoms with E-state index >= 15 is 0 Å². The Labute approximate surface area is 115 Å². The zero-order valence-electron chi connectivity index (χ0n) is 12.1. The molecule has 0 amide bonds. The van der Waals surface area contributed by atoms with Crippen LogP contribution in [0.5, 0.6) is 0 Å². The van der Waals surface area contributed by atoms with Crippen molar-refractivity contribution in [1.29, 1.82) is 0 Å². The summed E-state index contributed by atoms with van der Waals surface area (Å²) in [4.78, 5) is 11.5. The largest absolute Gasteiger partial charge is 0.481 e. The molecule has 1 aromatic carbocycles. The minimum atomic E-state index is -0.631. The van der Waals surface area contributed by atoms with Gasteiger partial charge >= 0.3 is 5.97 Å². The van der Waals surface area contributed by atoms with E-state index in [0.717, 1.165) is 19.3 Å². The van der Waals surface area contributed by atoms with E-state index in [1.165, 1.54) is 11.1 Å². The maximum Gasteiger partial charge on any atom is 0.307 e. The SMILES string of the molecule is Cc1cccc(C2CC(C(C)C)CCC2C(=O)O)c1. The Kier molecular flexibility index (Phi) is 4.28. The fourth-order valence-electron chi connectivity index (χ4n) is 3.37. The molecular formula is C17H24O2. The Morgan fingerprint density at radius 3 is 2.63 bits per heavy atom. The molecule has 1 aliphatic carbocycles. The van der Waals surface area contributed by atoms with Gasteiger partial charge in [0.2, 0.25) is 0 Å². The number of aliphatic carboxylic acids is 1. The Morgan fingerprint density at radius 1 is 1.32 bits per heavy atom. The lowest BCUT2D eigenvalue weighted by Gasteiger charge is -2.36. The van der Waals surface area contributed by atoms with Gasteiger partial charge in [-0.25, -0.2) is 0 Å². The van der Waals surface area contributed by atoms with E-state index in [0.29, 0.717) is 11.8 Å². The van der Waals surface area contributed by atoms with Crippen molar-refractivity contribution < 1.29 is 9.90 Å². The molecule has 3 unspecified atom stereocenters. The van der Waals surface area contributed by atoms with E-state index in [2.05, 4.69) is 39.0 Å². The van der Waals surface area contributed by atoms with Crippen LogP contribution in [-0.2, 0) is 4.79 Å². The van der Waals surface area contributed by atoms with Crippen molar-refractivity contribution in [1.82, 2.24) is 0 Å². The van der Waals surface area contributed by atoms with Crippen molar-refractivity contribution in [3.63, 3.8) is 0 Å². The molecule has 104 valence electrons. The second-order valence-electron chi connectivity index (χ2n) is 6.28. The van der Waals surface area contributed by atoms with E-state index in [-0.39, 0.29) is 11.8 Å². The van der Waals surface area contributed by atoms with Gasteiger partial charge in [-0.15, -0.1) is 0 Å². The second kappa shape index (κ2) is 5.77. The standard InChI is InChI=1S/C17H24O2/c1-11(2)13-7-8-15(17(18)19)16(10-13)14-6-4-5-12(3)9-14/h4-6,9,11,13,15-16H,7-8,10H2,1-3H3,(H,18,19). The quantitative estimate of drug-likeness (QED) is 0.882. The molecule has 0 radical (unpaired) electrons. The highest BCUT2D eigenvalue weighted by atomic mass is 16.4. The Balaban J connectivity index is 2.27. The third-order valence-electron chi connectivity index (χ3n) is 4.62. The molecule has 0 saturated heterocycles. The van der Waals surface area contributed by atoms with Crippen LogP contribution in [0.3, 0.4) is 0 Å². The van der Waals surface area contributed by atoms with Gasteiger partial charge in [-0.3, -0.25) is 4.79 Å². The molecule has 1 aromatic rings. The highest BCUT2D eigenvalue weighted by molar-refractivity contribution is 5.71. The van der Waals surface area contributed by atoms with E-state index < -0.39 is 5.97 Å². The number of rotatable bonds is 3. The fraction of sp³-hybridized carbons (Fsp3) is 0.588. The van der Waals surface area contributed by atoms with Crippen molar-refractivity contribution >= 4 is 5.97 Å². The van der Waals surface area contributed by atoms with Crippen LogP contribution in [0, 0.1) is 24.7 Å². The van der Waals surface area contributed by atoms with Crippen molar-refractivity contribution in [3.05, 3.63) is 35.4 Å². The normalized spacial score (nSPS) is 27.5. The molecule has 19 heavy (non-hydrogen) atoms. The summed E-state index contributed by atoms with van der Waals surface area (Å²) < 4.78 is 0. The van der Waals surface area contributed by atoms with Gasteiger partial charge in [0.05, 0.1) is 5.92 Å². The molecule has 2 nitrogen and oxygen atoms in total. The average molecular weight is 260 g/mol. The fourth-order valence-corrected chi connectivity index (χ4v) is 3.37. The third-order valence-corrected chi connectivity index (χ3v) is 4.62. The average Bonchev–Trinajstić information content (AvgIpc) is 2.37. The summed E-state index contributed by atoms with van der Waals surface area (Å²) in [6.45, 7) is 6.57. The maximum absolute atomic E-state index is 11.5. The number of carbonyl (C=O) groups is 1. The molecule has 2 rings (SSSR count). The van der Waals surface area contributed by atoms with Crippen molar-refractivity contribution in [2.75, 3.05) is 0 Å². The van der Waals surface area contributed by atoms with Crippen LogP contribution < -0.4 is 0 Å². The first-order valence-corrected chi connectivity index (χ1v) is 7.28. The molecule has 0 aliphatic heterocycles. The monoisotopic (exact) mass is 260 g/mol. The van der Waals surface area contributed by atoms with Crippen LogP contribution in [0.25, 0.3) is 0 Å². The van der Waals surface area contributed by atoms with Crippen molar-refractivity contribution in [2.45, 2.75) is 46.0 Å². The van der Waals surface area contributed by atoms with Crippen LogP contribution in [0.2, 0.25) is 0 Å². The topological polar surface area (TPSA) is 37.3 Å². The van der Waals surface area contributed by atoms with Gasteiger partial charge in [-0.2, -0.15) is 0 Å². The third kappa shape index (κ3) is 3.17. The zero-order valence-corrected chi connectivity index (χ0v) is 12.1. The number of carboxylic acids is 1. The first kappa shape index (κ1) is 14.1. The van der Waals surface area contributed by atoms with Gasteiger partial charge in [0.15, 0.2) is 0 Å². The van der Waals surface area contributed by atoms with Gasteiger partial charge in [-0.05, 0) is 49.5 Å². The zero-order chi connectivity index (χ0) is 14.0. The summed E-state index contributed by atoms with van der Waals surface area (Å²) >= 11 is 0. The van der Waals surface area contributed by atoms with Gasteiger partial charge in [0, 0.05) is 0 Å². The minimum absolute atomic E-state index is 0.179. The molecular weight excluding hydrogens is 236 g/mol. The van der Waals surface area contributed by atoms with Crippen LogP contribution in [0.4, 0.5) is 0 Å². The number of hydrogen-bond donors (Lipinski definition) is 1. The van der Waals surface area contributed by atoms with Gasteiger partial charge in [0.1, 0.15) is 0 Å². The smallest absolute Gasteiger partial charge is 0.307 e. The Hall–Kier alpha value is -1.31. The molecule has 0 bridgehead atoms. The lowest BCUT2D eigenvalue weighted by molar-refractivity contribution is -0.144. The lowest BCUT2D eigenvalue weighted by atomic mass is 9.68. The molecule has 1 saturated carbocycles. The maximum atomic E-state index is 11.5. The highest BCUT2D eigenvalue weighted by Crippen LogP contribution is 2.43. The molecule has 0 heterocycles. The van der Waals surface area contributed by atoms with Crippen molar-refractivity contribution in [2.24, 2.45) is 17.8 Å². The van der Waals surface area contributed by atoms with E-state index in [4.69, 9.17) is 0 Å². The molecule has 3 atom stereocenters. The summed E-state index contributed by atoms with van der Waals surface area (Å²) in [5.41, 5.74) is 2.42. The number of aryl methyl sites for hydroxylation is 1. The lowest BCUT2D eigenvalue weighted by Crippen LogP contribution is -2.31. The highest BCUT2D eigenvalue weighted by Gasteiger charge is 2.36. The number of carboxylic acid groups (broad SMARTS) is 1. The molecule has 2 heteroatoms. The van der Waals surface area contributed by atoms with Gasteiger partial charge < -0.3 is 5.11 Å².